The molecule has 2 nitrogen and oxygen atoms in total. The van der Waals surface area contributed by atoms with Gasteiger partial charge in [0.1, 0.15) is 0 Å². The van der Waals surface area contributed by atoms with Gasteiger partial charge in [0.25, 0.3) is 5.91 Å². The lowest BCUT2D eigenvalue weighted by Crippen LogP contribution is -2.13. The van der Waals surface area contributed by atoms with Gasteiger partial charge in [0.2, 0.25) is 0 Å². The van der Waals surface area contributed by atoms with Crippen LogP contribution >= 0.6 is 43.5 Å². The van der Waals surface area contributed by atoms with E-state index in [4.69, 9.17) is 11.6 Å². The molecule has 2 aromatic carbocycles. The van der Waals surface area contributed by atoms with E-state index < -0.39 is 0 Å². The lowest BCUT2D eigenvalue weighted by molar-refractivity contribution is 0.102. The monoisotopic (exact) mass is 401 g/mol. The minimum absolute atomic E-state index is 0.233. The summed E-state index contributed by atoms with van der Waals surface area (Å²) < 4.78 is 1.71. The van der Waals surface area contributed by atoms with Crippen LogP contribution in [0.2, 0.25) is 5.02 Å². The minimum Gasteiger partial charge on any atom is -0.321 e. The van der Waals surface area contributed by atoms with E-state index in [9.17, 15) is 4.79 Å². The third kappa shape index (κ3) is 3.38. The zero-order chi connectivity index (χ0) is 14.0. The maximum Gasteiger partial charge on any atom is 0.257 e. The van der Waals surface area contributed by atoms with E-state index in [1.165, 1.54) is 0 Å². The van der Waals surface area contributed by atoms with E-state index in [1.54, 1.807) is 18.2 Å². The molecule has 5 heteroatoms. The first-order valence-corrected chi connectivity index (χ1v) is 7.47. The normalized spacial score (nSPS) is 10.3. The Balaban J connectivity index is 2.28. The van der Waals surface area contributed by atoms with Crippen LogP contribution in [0.4, 0.5) is 5.69 Å². The average Bonchev–Trinajstić information content (AvgIpc) is 2.34. The van der Waals surface area contributed by atoms with Crippen LogP contribution in [0.5, 0.6) is 0 Å². The fourth-order valence-corrected chi connectivity index (χ4v) is 2.73. The highest BCUT2D eigenvalue weighted by atomic mass is 79.9. The van der Waals surface area contributed by atoms with Gasteiger partial charge in [-0.25, -0.2) is 0 Å². The molecule has 0 unspecified atom stereocenters. The summed E-state index contributed by atoms with van der Waals surface area (Å²) in [6, 6.07) is 10.9. The molecule has 0 heterocycles. The first-order chi connectivity index (χ1) is 8.99. The molecule has 0 aliphatic carbocycles. The molecule has 0 aliphatic rings. The van der Waals surface area contributed by atoms with Crippen molar-refractivity contribution in [1.29, 1.82) is 0 Å². The summed E-state index contributed by atoms with van der Waals surface area (Å²) >= 11 is 12.8. The molecule has 0 aromatic heterocycles. The van der Waals surface area contributed by atoms with Gasteiger partial charge in [-0.15, -0.1) is 0 Å². The molecule has 1 N–H and O–H groups in total. The van der Waals surface area contributed by atoms with E-state index >= 15 is 0 Å². The van der Waals surface area contributed by atoms with Crippen molar-refractivity contribution in [3.63, 3.8) is 0 Å². The lowest BCUT2D eigenvalue weighted by atomic mass is 10.2. The van der Waals surface area contributed by atoms with Gasteiger partial charge in [0.15, 0.2) is 0 Å². The smallest absolute Gasteiger partial charge is 0.257 e. The summed E-state index contributed by atoms with van der Waals surface area (Å²) in [4.78, 5) is 12.2. The quantitative estimate of drug-likeness (QED) is 0.712. The Kier molecular flexibility index (Phi) is 4.66. The van der Waals surface area contributed by atoms with E-state index in [0.29, 0.717) is 10.6 Å². The molecule has 0 aliphatic heterocycles. The Bertz CT molecular complexity index is 643. The van der Waals surface area contributed by atoms with Crippen molar-refractivity contribution in [3.05, 3.63) is 61.5 Å². The van der Waals surface area contributed by atoms with E-state index in [2.05, 4.69) is 37.2 Å². The van der Waals surface area contributed by atoms with Crippen LogP contribution in [0.25, 0.3) is 0 Å². The number of aryl methyl sites for hydroxylation is 1. The van der Waals surface area contributed by atoms with Gasteiger partial charge in [0.05, 0.1) is 16.3 Å². The molecule has 0 saturated carbocycles. The highest BCUT2D eigenvalue weighted by molar-refractivity contribution is 9.11. The molecule has 0 fully saturated rings. The van der Waals surface area contributed by atoms with Gasteiger partial charge < -0.3 is 5.32 Å². The Labute approximate surface area is 133 Å². The number of carbonyl (C=O) groups excluding carboxylic acids is 1. The Morgan fingerprint density at radius 2 is 1.95 bits per heavy atom. The fraction of sp³-hybridized carbons (Fsp3) is 0.0714. The predicted octanol–water partition coefficient (Wildman–Crippen LogP) is 5.43. The second kappa shape index (κ2) is 6.07. The van der Waals surface area contributed by atoms with Crippen LogP contribution in [0, 0.1) is 6.92 Å². The third-order valence-electron chi connectivity index (χ3n) is 2.62. The van der Waals surface area contributed by atoms with Crippen molar-refractivity contribution < 1.29 is 4.79 Å². The van der Waals surface area contributed by atoms with Gasteiger partial charge in [0, 0.05) is 8.95 Å². The van der Waals surface area contributed by atoms with Crippen LogP contribution < -0.4 is 5.32 Å². The summed E-state index contributed by atoms with van der Waals surface area (Å²) in [5, 5.41) is 3.25. The van der Waals surface area contributed by atoms with Gasteiger partial charge >= 0.3 is 0 Å². The summed E-state index contributed by atoms with van der Waals surface area (Å²) in [6.07, 6.45) is 0. The predicted molar refractivity (Wildman–Crippen MR) is 86.0 cm³/mol. The fourth-order valence-electron chi connectivity index (χ4n) is 1.61. The number of benzene rings is 2. The third-order valence-corrected chi connectivity index (χ3v) is 4.47. The lowest BCUT2D eigenvalue weighted by Gasteiger charge is -2.10. The molecule has 0 atom stereocenters. The van der Waals surface area contributed by atoms with Gasteiger partial charge in [-0.3, -0.25) is 4.79 Å². The second-order valence-corrected chi connectivity index (χ2v) is 6.13. The molecular weight excluding hydrogens is 393 g/mol. The van der Waals surface area contributed by atoms with Gasteiger partial charge in [-0.1, -0.05) is 39.7 Å². The van der Waals surface area contributed by atoms with E-state index in [-0.39, 0.29) is 5.91 Å². The highest BCUT2D eigenvalue weighted by Gasteiger charge is 2.12. The number of hydrogen-bond acceptors (Lipinski definition) is 1. The van der Waals surface area contributed by atoms with Crippen LogP contribution in [0.1, 0.15) is 15.9 Å². The van der Waals surface area contributed by atoms with Crippen molar-refractivity contribution in [1.82, 2.24) is 0 Å². The molecule has 2 aromatic rings. The molecule has 0 radical (unpaired) electrons. The van der Waals surface area contributed by atoms with Crippen molar-refractivity contribution in [2.24, 2.45) is 0 Å². The van der Waals surface area contributed by atoms with Crippen molar-refractivity contribution in [2.45, 2.75) is 6.92 Å². The molecule has 19 heavy (non-hydrogen) atoms. The summed E-state index contributed by atoms with van der Waals surface area (Å²) in [5.41, 5.74) is 2.22. The van der Waals surface area contributed by atoms with Gasteiger partial charge in [-0.2, -0.15) is 0 Å². The molecule has 98 valence electrons. The first kappa shape index (κ1) is 14.6. The zero-order valence-corrected chi connectivity index (χ0v) is 13.9. The first-order valence-electron chi connectivity index (χ1n) is 5.50. The largest absolute Gasteiger partial charge is 0.321 e. The van der Waals surface area contributed by atoms with Crippen LogP contribution in [-0.2, 0) is 0 Å². The van der Waals surface area contributed by atoms with Gasteiger partial charge in [-0.05, 0) is 52.7 Å². The van der Waals surface area contributed by atoms with E-state index in [1.807, 2.05) is 25.1 Å². The molecule has 0 spiro atoms. The summed E-state index contributed by atoms with van der Waals surface area (Å²) in [5.74, 6) is -0.233. The molecular formula is C14H10Br2ClNO. The Hall–Kier alpha value is -0.840. The molecule has 0 saturated heterocycles. The van der Waals surface area contributed by atoms with E-state index in [0.717, 1.165) is 20.2 Å². The molecule has 0 bridgehead atoms. The average molecular weight is 404 g/mol. The van der Waals surface area contributed by atoms with Crippen LogP contribution in [0.3, 0.4) is 0 Å². The number of nitrogens with one attached hydrogen (secondary N) is 1. The topological polar surface area (TPSA) is 29.1 Å². The number of hydrogen-bond donors (Lipinski definition) is 1. The van der Waals surface area contributed by atoms with Crippen molar-refractivity contribution in [2.75, 3.05) is 5.32 Å². The minimum atomic E-state index is -0.233. The number of carbonyl (C=O) groups is 1. The zero-order valence-electron chi connectivity index (χ0n) is 10.0. The second-order valence-electron chi connectivity index (χ2n) is 4.01. The maximum absolute atomic E-state index is 12.2. The van der Waals surface area contributed by atoms with Crippen LogP contribution in [0.15, 0.2) is 45.3 Å². The summed E-state index contributed by atoms with van der Waals surface area (Å²) in [6.45, 7) is 1.96. The number of halogens is 3. The van der Waals surface area contributed by atoms with Crippen molar-refractivity contribution >= 4 is 55.1 Å². The Morgan fingerprint density at radius 3 is 2.63 bits per heavy atom. The van der Waals surface area contributed by atoms with Crippen LogP contribution in [-0.4, -0.2) is 5.91 Å². The Morgan fingerprint density at radius 1 is 1.21 bits per heavy atom. The number of amides is 1. The van der Waals surface area contributed by atoms with Crippen molar-refractivity contribution in [3.8, 4) is 0 Å². The number of anilines is 1. The maximum atomic E-state index is 12.2. The standard InChI is InChI=1S/C14H10Br2ClNO/c1-8-3-2-4-12(13(8)16)18-14(19)10-6-5-9(15)7-11(10)17/h2-7H,1H3,(H,18,19). The highest BCUT2D eigenvalue weighted by Crippen LogP contribution is 2.27. The molecule has 2 rings (SSSR count). The SMILES string of the molecule is Cc1cccc(NC(=O)c2ccc(Br)cc2Cl)c1Br. The number of rotatable bonds is 2. The summed E-state index contributed by atoms with van der Waals surface area (Å²) in [7, 11) is 0. The molecule has 1 amide bonds.